The summed E-state index contributed by atoms with van der Waals surface area (Å²) in [5.74, 6) is -1.08. The molecule has 11 heteroatoms. The van der Waals surface area contributed by atoms with E-state index in [9.17, 15) is 28.1 Å². The number of aromatic nitrogens is 2. The molecule has 0 amide bonds. The largest absolute Gasteiger partial charge is 0.443 e. The second-order valence-corrected chi connectivity index (χ2v) is 7.48. The monoisotopic (exact) mass is 369 g/mol. The maximum atomic E-state index is 12.6. The molecule has 1 fully saturated rings. The van der Waals surface area contributed by atoms with Crippen molar-refractivity contribution in [2.24, 2.45) is 0 Å². The molecule has 0 N–H and O–H groups in total. The van der Waals surface area contributed by atoms with Crippen molar-refractivity contribution >= 4 is 15.7 Å². The van der Waals surface area contributed by atoms with Gasteiger partial charge in [0.15, 0.2) is 4.90 Å². The fourth-order valence-electron chi connectivity index (χ4n) is 3.03. The van der Waals surface area contributed by atoms with Gasteiger partial charge in [0.05, 0.1) is 4.92 Å². The van der Waals surface area contributed by atoms with Gasteiger partial charge in [-0.1, -0.05) is 31.4 Å². The van der Waals surface area contributed by atoms with Crippen LogP contribution in [0.2, 0.25) is 0 Å². The van der Waals surface area contributed by atoms with Crippen LogP contribution in [0, 0.1) is 10.1 Å². The number of benzene rings is 1. The van der Waals surface area contributed by atoms with Crippen LogP contribution in [0.15, 0.2) is 43.3 Å². The van der Waals surface area contributed by atoms with E-state index in [1.165, 1.54) is 12.1 Å². The second kappa shape index (κ2) is 6.31. The van der Waals surface area contributed by atoms with Gasteiger partial charge in [0, 0.05) is 12.1 Å². The van der Waals surface area contributed by atoms with Crippen molar-refractivity contribution in [1.82, 2.24) is 8.71 Å². The molecule has 1 aliphatic rings. The zero-order valence-electron chi connectivity index (χ0n) is 13.0. The highest BCUT2D eigenvalue weighted by Gasteiger charge is 2.33. The lowest BCUT2D eigenvalue weighted by Crippen LogP contribution is -2.35. The molecule has 1 aromatic heterocycles. The van der Waals surface area contributed by atoms with Crippen LogP contribution in [-0.2, 0) is 10.0 Å². The molecule has 1 aliphatic carbocycles. The minimum Gasteiger partial charge on any atom is -0.301 e. The number of nitro benzene ring substituents is 1. The van der Waals surface area contributed by atoms with Crippen molar-refractivity contribution in [3.8, 4) is 0 Å². The van der Waals surface area contributed by atoms with E-state index in [0.29, 0.717) is 12.8 Å². The van der Waals surface area contributed by atoms with Gasteiger partial charge in [0.2, 0.25) is 0 Å². The van der Waals surface area contributed by atoms with Crippen molar-refractivity contribution in [3.05, 3.63) is 55.4 Å². The molecule has 1 aromatic carbocycles. The van der Waals surface area contributed by atoms with Crippen molar-refractivity contribution in [3.63, 3.8) is 0 Å². The number of para-hydroxylation sites is 1. The Morgan fingerprint density at radius 2 is 1.76 bits per heavy atom. The number of nitrogens with zero attached hydrogens (tertiary/aromatic N) is 3. The van der Waals surface area contributed by atoms with Crippen LogP contribution in [0.25, 0.3) is 0 Å². The van der Waals surface area contributed by atoms with E-state index >= 15 is 0 Å². The molecule has 0 aliphatic heterocycles. The lowest BCUT2D eigenvalue weighted by atomic mass is 9.95. The second-order valence-electron chi connectivity index (χ2n) is 5.76. The summed E-state index contributed by atoms with van der Waals surface area (Å²) in [6.45, 7) is 0. The SMILES string of the molecule is O=c1on(S(=O)(=O)c2ccccc2[N+](=O)[O-])c(=O)n1C1CCCCC1. The molecular formula is C14H15N3O7S. The number of nitro groups is 1. The van der Waals surface area contributed by atoms with Gasteiger partial charge in [-0.05, 0) is 23.1 Å². The zero-order chi connectivity index (χ0) is 18.2. The highest BCUT2D eigenvalue weighted by molar-refractivity contribution is 7.89. The van der Waals surface area contributed by atoms with Crippen molar-refractivity contribution in [2.75, 3.05) is 0 Å². The van der Waals surface area contributed by atoms with Crippen LogP contribution >= 0.6 is 0 Å². The summed E-state index contributed by atoms with van der Waals surface area (Å²) in [5.41, 5.74) is -1.85. The predicted molar refractivity (Wildman–Crippen MR) is 85.0 cm³/mol. The van der Waals surface area contributed by atoms with E-state index in [4.69, 9.17) is 0 Å². The lowest BCUT2D eigenvalue weighted by Gasteiger charge is -2.20. The van der Waals surface area contributed by atoms with Gasteiger partial charge in [-0.15, -0.1) is 0 Å². The summed E-state index contributed by atoms with van der Waals surface area (Å²) in [6.07, 6.45) is 3.75. The molecular weight excluding hydrogens is 354 g/mol. The Hall–Kier alpha value is -2.69. The van der Waals surface area contributed by atoms with E-state index in [0.717, 1.165) is 36.0 Å². The van der Waals surface area contributed by atoms with Gasteiger partial charge in [-0.25, -0.2) is 14.2 Å². The van der Waals surface area contributed by atoms with Crippen molar-refractivity contribution < 1.29 is 17.9 Å². The number of hydrogen-bond acceptors (Lipinski definition) is 7. The van der Waals surface area contributed by atoms with E-state index in [1.54, 1.807) is 0 Å². The molecule has 25 heavy (non-hydrogen) atoms. The van der Waals surface area contributed by atoms with Gasteiger partial charge in [-0.2, -0.15) is 8.42 Å². The van der Waals surface area contributed by atoms with Crippen molar-refractivity contribution in [1.29, 1.82) is 0 Å². The highest BCUT2D eigenvalue weighted by Crippen LogP contribution is 2.27. The Bertz CT molecular complexity index is 1030. The molecule has 0 saturated heterocycles. The van der Waals surface area contributed by atoms with Crippen LogP contribution in [0.1, 0.15) is 38.1 Å². The maximum absolute atomic E-state index is 12.6. The molecule has 0 unspecified atom stereocenters. The Labute approximate surface area is 141 Å². The maximum Gasteiger partial charge on any atom is 0.443 e. The molecule has 10 nitrogen and oxygen atoms in total. The fraction of sp³-hybridized carbons (Fsp3) is 0.429. The minimum atomic E-state index is -4.71. The summed E-state index contributed by atoms with van der Waals surface area (Å²) in [6, 6.07) is 4.12. The van der Waals surface area contributed by atoms with Gasteiger partial charge >= 0.3 is 21.5 Å². The third-order valence-electron chi connectivity index (χ3n) is 4.22. The first-order valence-corrected chi connectivity index (χ1v) is 9.12. The summed E-state index contributed by atoms with van der Waals surface area (Å²) < 4.78 is 30.7. The molecule has 1 heterocycles. The first-order valence-electron chi connectivity index (χ1n) is 7.68. The molecule has 134 valence electrons. The Morgan fingerprint density at radius 1 is 1.12 bits per heavy atom. The quantitative estimate of drug-likeness (QED) is 0.584. The van der Waals surface area contributed by atoms with E-state index < -0.39 is 43.0 Å². The van der Waals surface area contributed by atoms with Crippen LogP contribution in [0.3, 0.4) is 0 Å². The Morgan fingerprint density at radius 3 is 2.40 bits per heavy atom. The Balaban J connectivity index is 2.16. The zero-order valence-corrected chi connectivity index (χ0v) is 13.8. The highest BCUT2D eigenvalue weighted by atomic mass is 32.2. The molecule has 0 atom stereocenters. The first-order chi connectivity index (χ1) is 11.8. The Kier molecular flexibility index (Phi) is 4.33. The molecule has 0 spiro atoms. The van der Waals surface area contributed by atoms with E-state index in [1.807, 2.05) is 0 Å². The summed E-state index contributed by atoms with van der Waals surface area (Å²) in [7, 11) is -4.71. The van der Waals surface area contributed by atoms with E-state index in [-0.39, 0.29) is 4.15 Å². The summed E-state index contributed by atoms with van der Waals surface area (Å²) in [5, 5.41) is 11.1. The normalized spacial score (nSPS) is 16.0. The van der Waals surface area contributed by atoms with Crippen LogP contribution in [-0.4, -0.2) is 22.1 Å². The average molecular weight is 369 g/mol. The molecule has 2 aromatic rings. The summed E-state index contributed by atoms with van der Waals surface area (Å²) >= 11 is 0. The number of hydrogen-bond donors (Lipinski definition) is 0. The molecule has 0 radical (unpaired) electrons. The van der Waals surface area contributed by atoms with Gasteiger partial charge < -0.3 is 4.52 Å². The van der Waals surface area contributed by atoms with Crippen LogP contribution in [0.5, 0.6) is 0 Å². The third-order valence-corrected chi connectivity index (χ3v) is 5.79. The van der Waals surface area contributed by atoms with Crippen LogP contribution in [0.4, 0.5) is 5.69 Å². The fourth-order valence-corrected chi connectivity index (χ4v) is 4.32. The smallest absolute Gasteiger partial charge is 0.301 e. The third kappa shape index (κ3) is 2.90. The van der Waals surface area contributed by atoms with Crippen molar-refractivity contribution in [2.45, 2.75) is 43.0 Å². The standard InChI is InChI=1S/C14H15N3O7S/c18-13-15(10-6-2-1-3-7-10)14(19)24-17(13)25(22,23)12-9-5-4-8-11(12)16(20)21/h4-5,8-10H,1-3,6-7H2. The molecule has 3 rings (SSSR count). The summed E-state index contributed by atoms with van der Waals surface area (Å²) in [4.78, 5) is 34.0. The first kappa shape index (κ1) is 17.1. The van der Waals surface area contributed by atoms with E-state index in [2.05, 4.69) is 4.52 Å². The molecule has 1 saturated carbocycles. The van der Waals surface area contributed by atoms with Crippen LogP contribution < -0.4 is 11.4 Å². The molecule has 0 bridgehead atoms. The van der Waals surface area contributed by atoms with Gasteiger partial charge in [0.1, 0.15) is 0 Å². The predicted octanol–water partition coefficient (Wildman–Crippen LogP) is 1.25. The minimum absolute atomic E-state index is 0.0632. The van der Waals surface area contributed by atoms with Gasteiger partial charge in [-0.3, -0.25) is 10.1 Å². The average Bonchev–Trinajstić information content (AvgIpc) is 2.91. The number of rotatable bonds is 4. The van der Waals surface area contributed by atoms with Gasteiger partial charge in [0.25, 0.3) is 5.69 Å². The lowest BCUT2D eigenvalue weighted by molar-refractivity contribution is -0.387. The topological polar surface area (TPSA) is 134 Å².